The molecule has 0 saturated carbocycles. The Labute approximate surface area is 173 Å². The molecule has 0 aliphatic carbocycles. The highest BCUT2D eigenvalue weighted by atomic mass is 127. The van der Waals surface area contributed by atoms with E-state index in [1.807, 2.05) is 36.5 Å². The summed E-state index contributed by atoms with van der Waals surface area (Å²) in [4.78, 5) is 8.55. The molecule has 142 valence electrons. The van der Waals surface area contributed by atoms with E-state index in [1.54, 1.807) is 7.05 Å². The fourth-order valence-corrected chi connectivity index (χ4v) is 2.33. The van der Waals surface area contributed by atoms with Gasteiger partial charge in [-0.15, -0.1) is 24.0 Å². The van der Waals surface area contributed by atoms with Crippen LogP contribution in [0.5, 0.6) is 5.75 Å². The summed E-state index contributed by atoms with van der Waals surface area (Å²) >= 11 is 0. The summed E-state index contributed by atoms with van der Waals surface area (Å²) in [7, 11) is 1.79. The largest absolute Gasteiger partial charge is 0.494 e. The Balaban J connectivity index is 0.00000338. The third-order valence-electron chi connectivity index (χ3n) is 3.78. The molecule has 0 bridgehead atoms. The molecule has 0 aliphatic heterocycles. The lowest BCUT2D eigenvalue weighted by Crippen LogP contribution is -2.38. The average molecular weight is 468 g/mol. The molecule has 5 nitrogen and oxygen atoms in total. The minimum atomic E-state index is 0. The molecule has 0 atom stereocenters. The van der Waals surface area contributed by atoms with Crippen LogP contribution in [0.25, 0.3) is 0 Å². The third kappa shape index (κ3) is 9.03. The number of nitrogens with zero attached hydrogens (tertiary/aromatic N) is 2. The number of aliphatic imine (C=N–C) groups is 1. The van der Waals surface area contributed by atoms with Crippen LogP contribution < -0.4 is 15.4 Å². The summed E-state index contributed by atoms with van der Waals surface area (Å²) in [6, 6.07) is 14.1. The molecule has 2 aromatic rings. The van der Waals surface area contributed by atoms with Crippen molar-refractivity contribution in [1.29, 1.82) is 0 Å². The maximum Gasteiger partial charge on any atom is 0.190 e. The number of hydrogen-bond acceptors (Lipinski definition) is 3. The normalized spacial score (nSPS) is 10.8. The molecule has 0 fully saturated rings. The van der Waals surface area contributed by atoms with Gasteiger partial charge in [0.15, 0.2) is 5.96 Å². The molecule has 2 rings (SSSR count). The van der Waals surface area contributed by atoms with E-state index in [-0.39, 0.29) is 24.0 Å². The highest BCUT2D eigenvalue weighted by Gasteiger charge is 1.99. The van der Waals surface area contributed by atoms with E-state index in [9.17, 15) is 0 Å². The van der Waals surface area contributed by atoms with E-state index in [4.69, 9.17) is 4.74 Å². The van der Waals surface area contributed by atoms with Gasteiger partial charge in [-0.25, -0.2) is 0 Å². The highest BCUT2D eigenvalue weighted by Crippen LogP contribution is 2.11. The Kier molecular flexibility index (Phi) is 11.4. The van der Waals surface area contributed by atoms with Gasteiger partial charge in [0.2, 0.25) is 0 Å². The van der Waals surface area contributed by atoms with Crippen molar-refractivity contribution in [2.24, 2.45) is 4.99 Å². The molecule has 0 radical (unpaired) electrons. The predicted molar refractivity (Wildman–Crippen MR) is 119 cm³/mol. The topological polar surface area (TPSA) is 58.5 Å². The summed E-state index contributed by atoms with van der Waals surface area (Å²) in [6.07, 6.45) is 4.74. The zero-order valence-corrected chi connectivity index (χ0v) is 17.9. The first-order valence-corrected chi connectivity index (χ1v) is 8.82. The Hall–Kier alpha value is -1.83. The molecule has 0 unspecified atom stereocenters. The highest BCUT2D eigenvalue weighted by molar-refractivity contribution is 14.0. The second-order valence-electron chi connectivity index (χ2n) is 5.87. The minimum Gasteiger partial charge on any atom is -0.494 e. The van der Waals surface area contributed by atoms with Crippen molar-refractivity contribution >= 4 is 29.9 Å². The molecular weight excluding hydrogens is 439 g/mol. The second kappa shape index (κ2) is 13.4. The van der Waals surface area contributed by atoms with E-state index < -0.39 is 0 Å². The van der Waals surface area contributed by atoms with Gasteiger partial charge < -0.3 is 15.4 Å². The van der Waals surface area contributed by atoms with Gasteiger partial charge in [-0.3, -0.25) is 9.98 Å². The quantitative estimate of drug-likeness (QED) is 0.256. The van der Waals surface area contributed by atoms with Crippen molar-refractivity contribution in [3.63, 3.8) is 0 Å². The Morgan fingerprint density at radius 2 is 1.81 bits per heavy atom. The number of unbranched alkanes of at least 4 members (excludes halogenated alkanes) is 1. The summed E-state index contributed by atoms with van der Waals surface area (Å²) in [5, 5.41) is 6.63. The first-order valence-electron chi connectivity index (χ1n) is 8.82. The van der Waals surface area contributed by atoms with Crippen LogP contribution in [-0.2, 0) is 6.42 Å². The molecule has 1 heterocycles. The number of halogens is 1. The number of aryl methyl sites for hydroxylation is 1. The number of nitrogens with one attached hydrogen (secondary N) is 2. The lowest BCUT2D eigenvalue weighted by atomic mass is 10.2. The monoisotopic (exact) mass is 468 g/mol. The SMILES string of the molecule is CN=C(NCCCCOc1ccc(C)cc1)NCCc1ccccn1.I. The van der Waals surface area contributed by atoms with Crippen LogP contribution in [0.4, 0.5) is 0 Å². The molecule has 6 heteroatoms. The number of benzene rings is 1. The Bertz CT molecular complexity index is 632. The predicted octanol–water partition coefficient (Wildman–Crippen LogP) is 3.57. The number of guanidine groups is 1. The van der Waals surface area contributed by atoms with Crippen molar-refractivity contribution in [2.45, 2.75) is 26.2 Å². The van der Waals surface area contributed by atoms with Crippen LogP contribution in [0.1, 0.15) is 24.1 Å². The summed E-state index contributed by atoms with van der Waals surface area (Å²) in [6.45, 7) is 4.50. The van der Waals surface area contributed by atoms with Crippen molar-refractivity contribution in [1.82, 2.24) is 15.6 Å². The van der Waals surface area contributed by atoms with Crippen LogP contribution in [0.2, 0.25) is 0 Å². The number of pyridine rings is 1. The van der Waals surface area contributed by atoms with Crippen LogP contribution in [-0.4, -0.2) is 37.7 Å². The van der Waals surface area contributed by atoms with Gasteiger partial charge in [0.25, 0.3) is 0 Å². The third-order valence-corrected chi connectivity index (χ3v) is 3.78. The van der Waals surface area contributed by atoms with Gasteiger partial charge >= 0.3 is 0 Å². The molecule has 0 saturated heterocycles. The summed E-state index contributed by atoms with van der Waals surface area (Å²) < 4.78 is 5.73. The van der Waals surface area contributed by atoms with Gasteiger partial charge in [0, 0.05) is 38.4 Å². The smallest absolute Gasteiger partial charge is 0.190 e. The van der Waals surface area contributed by atoms with Crippen LogP contribution in [0.3, 0.4) is 0 Å². The standard InChI is InChI=1S/C20H28N4O.HI/c1-17-8-10-19(11-9-17)25-16-6-5-14-23-20(21-2)24-15-12-18-7-3-4-13-22-18;/h3-4,7-11,13H,5-6,12,14-16H2,1-2H3,(H2,21,23,24);1H. The van der Waals surface area contributed by atoms with E-state index in [2.05, 4.69) is 39.7 Å². The zero-order valence-electron chi connectivity index (χ0n) is 15.6. The Morgan fingerprint density at radius 3 is 2.50 bits per heavy atom. The zero-order chi connectivity index (χ0) is 17.7. The molecule has 0 spiro atoms. The van der Waals surface area contributed by atoms with Crippen molar-refractivity contribution in [2.75, 3.05) is 26.7 Å². The van der Waals surface area contributed by atoms with Gasteiger partial charge in [-0.1, -0.05) is 23.8 Å². The number of ether oxygens (including phenoxy) is 1. The van der Waals surface area contributed by atoms with E-state index >= 15 is 0 Å². The van der Waals surface area contributed by atoms with Gasteiger partial charge in [0.1, 0.15) is 5.75 Å². The van der Waals surface area contributed by atoms with Crippen molar-refractivity contribution in [3.05, 3.63) is 59.9 Å². The maximum atomic E-state index is 5.73. The Morgan fingerprint density at radius 1 is 1.04 bits per heavy atom. The van der Waals surface area contributed by atoms with Crippen molar-refractivity contribution in [3.8, 4) is 5.75 Å². The van der Waals surface area contributed by atoms with Crippen LogP contribution in [0.15, 0.2) is 53.7 Å². The van der Waals surface area contributed by atoms with Gasteiger partial charge in [-0.05, 0) is 44.0 Å². The van der Waals surface area contributed by atoms with E-state index in [0.717, 1.165) is 56.4 Å². The lowest BCUT2D eigenvalue weighted by molar-refractivity contribution is 0.307. The fraction of sp³-hybridized carbons (Fsp3) is 0.400. The molecule has 0 amide bonds. The number of rotatable bonds is 9. The van der Waals surface area contributed by atoms with Crippen LogP contribution >= 0.6 is 24.0 Å². The number of aromatic nitrogens is 1. The van der Waals surface area contributed by atoms with Gasteiger partial charge in [-0.2, -0.15) is 0 Å². The average Bonchev–Trinajstić information content (AvgIpc) is 2.65. The molecule has 2 N–H and O–H groups in total. The lowest BCUT2D eigenvalue weighted by Gasteiger charge is -2.12. The maximum absolute atomic E-state index is 5.73. The first kappa shape index (κ1) is 22.2. The molecule has 1 aromatic carbocycles. The summed E-state index contributed by atoms with van der Waals surface area (Å²) in [5.74, 6) is 1.76. The molecule has 0 aliphatic rings. The molecule has 26 heavy (non-hydrogen) atoms. The van der Waals surface area contributed by atoms with Crippen LogP contribution in [0, 0.1) is 6.92 Å². The molecular formula is C20H29IN4O. The fourth-order valence-electron chi connectivity index (χ4n) is 2.33. The van der Waals surface area contributed by atoms with E-state index in [0.29, 0.717) is 0 Å². The first-order chi connectivity index (χ1) is 12.3. The number of hydrogen-bond donors (Lipinski definition) is 2. The van der Waals surface area contributed by atoms with E-state index in [1.165, 1.54) is 5.56 Å². The minimum absolute atomic E-state index is 0. The molecule has 1 aromatic heterocycles. The van der Waals surface area contributed by atoms with Crippen molar-refractivity contribution < 1.29 is 4.74 Å². The van der Waals surface area contributed by atoms with Gasteiger partial charge in [0.05, 0.1) is 6.61 Å². The summed E-state index contributed by atoms with van der Waals surface area (Å²) in [5.41, 5.74) is 2.33. The second-order valence-corrected chi connectivity index (χ2v) is 5.87.